The van der Waals surface area contributed by atoms with Gasteiger partial charge in [0.25, 0.3) is 0 Å². The van der Waals surface area contributed by atoms with Gasteiger partial charge >= 0.3 is 0 Å². The molecule has 14 aromatic heterocycles. The molecule has 46 nitrogen and oxygen atoms in total. The first-order chi connectivity index (χ1) is 61.9. The Morgan fingerprint density at radius 3 is 0.853 bits per heavy atom. The Hall–Kier alpha value is -14.9. The van der Waals surface area contributed by atoms with Crippen LogP contribution in [0.25, 0.3) is 0 Å². The number of nitrogens with zero attached hydrogens (tertiary/aromatic N) is 27. The lowest BCUT2D eigenvalue weighted by molar-refractivity contribution is 0.819. The summed E-state index contributed by atoms with van der Waals surface area (Å²) in [6.07, 6.45) is 6.36. The Morgan fingerprint density at radius 1 is 0.256 bits per heavy atom. The van der Waals surface area contributed by atoms with Gasteiger partial charge in [-0.2, -0.15) is 139 Å². The number of hydrogen-bond acceptors (Lipinski definition) is 45. The quantitative estimate of drug-likeness (QED) is 0.0191. The predicted molar refractivity (Wildman–Crippen MR) is 526 cm³/mol. The summed E-state index contributed by atoms with van der Waals surface area (Å²) in [5, 5.41) is 36.8. The molecule has 0 aliphatic heterocycles. The fourth-order valence-corrected chi connectivity index (χ4v) is 13.2. The number of nitrogen functional groups attached to an aromatic ring is 7. The van der Waals surface area contributed by atoms with E-state index in [-0.39, 0.29) is 41.6 Å². The summed E-state index contributed by atoms with van der Waals surface area (Å²) in [4.78, 5) is 111. The first-order valence-corrected chi connectivity index (χ1v) is 43.7. The van der Waals surface area contributed by atoms with Crippen LogP contribution in [0.1, 0.15) is 62.2 Å². The monoisotopic (exact) mass is 1820 g/mol. The number of anilines is 21. The summed E-state index contributed by atoms with van der Waals surface area (Å²) in [6, 6.07) is 22.9. The lowest BCUT2D eigenvalue weighted by Gasteiger charge is -2.18. The zero-order chi connectivity index (χ0) is 93.3. The minimum atomic E-state index is 0.121. The highest BCUT2D eigenvalue weighted by Crippen LogP contribution is 2.20. The largest absolute Gasteiger partial charge is 0.368 e. The van der Waals surface area contributed by atoms with Crippen molar-refractivity contribution in [3.05, 3.63) is 161 Å². The van der Waals surface area contributed by atoms with Crippen molar-refractivity contribution in [2.75, 3.05) is 250 Å². The summed E-state index contributed by atoms with van der Waals surface area (Å²) in [5.41, 5.74) is 52.2. The summed E-state index contributed by atoms with van der Waals surface area (Å²) in [5.74, 6) is 8.84. The van der Waals surface area contributed by atoms with Crippen LogP contribution in [0.2, 0.25) is 0 Å². The Kier molecular flexibility index (Phi) is 39.7. The molecule has 26 N–H and O–H groups in total. The number of aromatic amines is 4. The van der Waals surface area contributed by atoms with Gasteiger partial charge in [-0.1, -0.05) is 0 Å². The zero-order valence-electron chi connectivity index (χ0n) is 76.1. The lowest BCUT2D eigenvalue weighted by Crippen LogP contribution is -2.25. The molecule has 0 saturated carbocycles. The number of hydrogen-bond donors (Lipinski definition) is 19. The third-order valence-corrected chi connectivity index (χ3v) is 20.0. The second-order valence-corrected chi connectivity index (χ2v) is 31.6. The van der Waals surface area contributed by atoms with Crippen LogP contribution in [-0.4, -0.2) is 262 Å². The van der Waals surface area contributed by atoms with Crippen molar-refractivity contribution < 1.29 is 0 Å². The van der Waals surface area contributed by atoms with Gasteiger partial charge in [0.15, 0.2) is 0 Å². The molecule has 14 heterocycles. The fraction of sp³-hybridized carbons (Fsp3) is 0.388. The van der Waals surface area contributed by atoms with Crippen LogP contribution >= 0.6 is 34.0 Å². The number of aromatic nitrogens is 25. The van der Waals surface area contributed by atoms with Crippen molar-refractivity contribution in [2.45, 2.75) is 72.6 Å². The molecule has 14 rings (SSSR count). The maximum atomic E-state index is 5.71. The van der Waals surface area contributed by atoms with E-state index in [0.29, 0.717) is 89.8 Å². The maximum absolute atomic E-state index is 5.71. The zero-order valence-corrected chi connectivity index (χ0v) is 78.5. The fourth-order valence-electron chi connectivity index (χ4n) is 11.1. The number of aryl methyl sites for hydroxylation is 4. The molecule has 0 aromatic carbocycles. The molecule has 0 radical (unpaired) electrons. The van der Waals surface area contributed by atoms with Gasteiger partial charge in [-0.15, -0.1) is 0 Å². The van der Waals surface area contributed by atoms with Gasteiger partial charge in [-0.25, -0.2) is 0 Å². The van der Waals surface area contributed by atoms with Gasteiger partial charge in [0.1, 0.15) is 0 Å². The van der Waals surface area contributed by atoms with Gasteiger partial charge in [-0.05, 0) is 163 Å². The van der Waals surface area contributed by atoms with E-state index in [1.54, 1.807) is 62.2 Å². The van der Waals surface area contributed by atoms with E-state index in [4.69, 9.17) is 40.1 Å². The number of nitrogens with two attached hydrogens (primary N) is 7. The average molecular weight is 1820 g/mol. The third kappa shape index (κ3) is 35.9. The molecule has 0 fully saturated rings. The van der Waals surface area contributed by atoms with Crippen molar-refractivity contribution in [3.63, 3.8) is 0 Å². The molecule has 14 aromatic rings. The van der Waals surface area contributed by atoms with Crippen LogP contribution in [0, 0.1) is 27.7 Å². The number of H-pyrrole nitrogens is 4. The highest BCUT2D eigenvalue weighted by atomic mass is 32.1. The first-order valence-electron chi connectivity index (χ1n) is 40.9. The number of nitrogens with one attached hydrogen (secondary N) is 12. The van der Waals surface area contributed by atoms with Crippen LogP contribution < -0.4 is 112 Å². The molecule has 0 amide bonds. The third-order valence-electron chi connectivity index (χ3n) is 17.8. The number of likely N-dealkylation sites (N-methyl/N-ethyl adjacent to an activating group) is 3. The Bertz CT molecular complexity index is 5470. The lowest BCUT2D eigenvalue weighted by atomic mass is 10.2. The van der Waals surface area contributed by atoms with Gasteiger partial charge in [0, 0.05) is 209 Å². The molecule has 129 heavy (non-hydrogen) atoms. The smallest absolute Gasteiger partial charge is 0.231 e. The topological polar surface area (TPSA) is 632 Å². The van der Waals surface area contributed by atoms with Crippen molar-refractivity contribution in [2.24, 2.45) is 0 Å². The van der Waals surface area contributed by atoms with Crippen LogP contribution in [-0.2, 0) is 44.9 Å². The van der Waals surface area contributed by atoms with Crippen molar-refractivity contribution in [3.8, 4) is 0 Å². The molecular weight excluding hydrogens is 1700 g/mol. The van der Waals surface area contributed by atoms with E-state index < -0.39 is 0 Å². The highest BCUT2D eigenvalue weighted by molar-refractivity contribution is 7.08. The van der Waals surface area contributed by atoms with Gasteiger partial charge in [0.05, 0.1) is 0 Å². The van der Waals surface area contributed by atoms with Crippen LogP contribution in [0.4, 0.5) is 125 Å². The molecular formula is C80H122N46S3. The van der Waals surface area contributed by atoms with E-state index in [9.17, 15) is 0 Å². The molecule has 0 bridgehead atoms. The van der Waals surface area contributed by atoms with Gasteiger partial charge in [0.2, 0.25) is 125 Å². The SMILES string of the molecule is CN(C)c1nc(N)nc(N(C)CCc2ccsc2)n1.CN(C)c1nc(NCCc2ccsc2)nc(N(C)C)n1.CNc1nc(N)nc(N(C)CCc2ccc(C)[nH]2)n1.CNc1nc(N)nc(NCCc2ccc(C)[nH]2)n1.CNc1nc(NC)nc(NCCc2ccsc2)n1.Cc1ccc(CCN(C)c2nc(N)nc(N)n2)[nH]1.Cc1ccc(CCNc2nc(N)nc(N)n2)[nH]1. The van der Waals surface area contributed by atoms with Crippen molar-refractivity contribution >= 4 is 159 Å². The standard InChI is InChI=1S/C13H20N6S.C12H19N7.C12H18N6S.2C11H17N7.C11H16N6S.C10H15N7/c1-18(2)12-15-11(16-13(17-12)19(3)4)14-7-5-10-6-8-20-9-10;1-8-4-5-9(15-8)6-7-19(3)12-17-10(13)16-11(14-2)18-12;1-17(2)11-14-10(13)15-12(16-11)18(3)6-4-9-5-7-19-8-9;1-7-3-4-8(14-7)5-6-18(2)11-16-9(12)15-10(13)17-11;1-7-3-4-8(15-7)5-6-14-11-17-9(12)16-10(13-2)18-11;1-12-9-15-10(13-2)17-11(16-9)14-5-3-8-4-6-18-7-8;1-6-2-3-7(14-6)4-5-13-10-16-8(11)15-9(12)17-10/h6,8-9H,5,7H2,1-4H3,(H,14,15,16,17);4-5,15H,6-7H2,1-3H3,(H3,13,14,16,17,18);5,7-8H,4,6H2,1-3H3,(H2,13,14,15,16);3-4,14H,5-6H2,1-2H3,(H4,12,13,15,16,17);3-4,15H,5-6H2,1-2H3,(H4,12,13,14,16,17,18);4,6-7H,3,5H2,1-2H3,(H3,12,13,14,15,16,17);2-3,14H,4-5H2,1H3,(H5,11,12,13,15,16,17). The van der Waals surface area contributed by atoms with Crippen LogP contribution in [0.15, 0.2) is 99.0 Å². The van der Waals surface area contributed by atoms with Gasteiger partial charge in [-0.3, -0.25) is 0 Å². The maximum Gasteiger partial charge on any atom is 0.231 e. The summed E-state index contributed by atoms with van der Waals surface area (Å²) >= 11 is 5.13. The highest BCUT2D eigenvalue weighted by Gasteiger charge is 2.16. The Labute approximate surface area is 762 Å². The molecule has 0 spiro atoms. The van der Waals surface area contributed by atoms with Crippen molar-refractivity contribution in [1.82, 2.24) is 125 Å². The van der Waals surface area contributed by atoms with E-state index in [1.165, 1.54) is 39.5 Å². The Morgan fingerprint density at radius 2 is 0.496 bits per heavy atom. The summed E-state index contributed by atoms with van der Waals surface area (Å²) in [7, 11) is 24.3. The Balaban J connectivity index is 0.000000186. The second kappa shape index (κ2) is 51.5. The summed E-state index contributed by atoms with van der Waals surface area (Å²) < 4.78 is 0. The molecule has 0 aliphatic carbocycles. The van der Waals surface area contributed by atoms with E-state index in [2.05, 4.69) is 248 Å². The summed E-state index contributed by atoms with van der Waals surface area (Å²) in [6.45, 7) is 13.6. The number of thiophene rings is 3. The van der Waals surface area contributed by atoms with Gasteiger partial charge < -0.3 is 132 Å². The van der Waals surface area contributed by atoms with E-state index in [1.807, 2.05) is 139 Å². The van der Waals surface area contributed by atoms with E-state index >= 15 is 0 Å². The van der Waals surface area contributed by atoms with Crippen LogP contribution in [0.5, 0.6) is 0 Å². The average Bonchev–Trinajstić information content (AvgIpc) is 1.07. The molecule has 0 aliphatic rings. The molecule has 49 heteroatoms. The minimum absolute atomic E-state index is 0.121. The molecule has 0 saturated heterocycles. The first kappa shape index (κ1) is 99.5. The molecule has 0 atom stereocenters. The molecule has 690 valence electrons. The van der Waals surface area contributed by atoms with Crippen molar-refractivity contribution in [1.29, 1.82) is 0 Å². The van der Waals surface area contributed by atoms with E-state index in [0.717, 1.165) is 107 Å². The second-order valence-electron chi connectivity index (χ2n) is 29.2. The minimum Gasteiger partial charge on any atom is -0.368 e. The predicted octanol–water partition coefficient (Wildman–Crippen LogP) is 6.93. The number of rotatable bonds is 35. The van der Waals surface area contributed by atoms with Crippen LogP contribution in [0.3, 0.4) is 0 Å². The molecule has 0 unspecified atom stereocenters. The normalized spacial score (nSPS) is 10.4.